The quantitative estimate of drug-likeness (QED) is 0.900. The molecule has 21 heavy (non-hydrogen) atoms. The number of ether oxygens (including phenoxy) is 1. The molecular formula is C19H29NO. The van der Waals surface area contributed by atoms with Gasteiger partial charge in [0.1, 0.15) is 11.9 Å². The largest absolute Gasteiger partial charge is 0.488 e. The van der Waals surface area contributed by atoms with E-state index in [1.165, 1.54) is 31.2 Å². The van der Waals surface area contributed by atoms with Crippen LogP contribution in [0.2, 0.25) is 0 Å². The Morgan fingerprint density at radius 1 is 1.14 bits per heavy atom. The molecule has 3 unspecified atom stereocenters. The fraction of sp³-hybridized carbons (Fsp3) is 0.684. The van der Waals surface area contributed by atoms with E-state index in [2.05, 4.69) is 50.4 Å². The van der Waals surface area contributed by atoms with E-state index in [4.69, 9.17) is 4.74 Å². The second-order valence-corrected chi connectivity index (χ2v) is 7.82. The fourth-order valence-corrected chi connectivity index (χ4v) is 4.06. The summed E-state index contributed by atoms with van der Waals surface area (Å²) in [6.07, 6.45) is 6.82. The van der Waals surface area contributed by atoms with E-state index in [0.29, 0.717) is 17.6 Å². The van der Waals surface area contributed by atoms with Gasteiger partial charge in [-0.2, -0.15) is 0 Å². The molecule has 1 fully saturated rings. The SMILES string of the molecule is CC(C)(C)C1CCCCC1NCC1Cc2ccccc2O1. The topological polar surface area (TPSA) is 21.3 Å². The minimum atomic E-state index is 0.310. The van der Waals surface area contributed by atoms with E-state index < -0.39 is 0 Å². The number of para-hydroxylation sites is 1. The standard InChI is InChI=1S/C19H29NO/c1-19(2,3)16-9-5-6-10-17(16)20-13-15-12-14-8-4-7-11-18(14)21-15/h4,7-8,11,15-17,20H,5-6,9-10,12-13H2,1-3H3. The molecule has 1 aliphatic heterocycles. The minimum absolute atomic E-state index is 0.310. The molecule has 1 aliphatic carbocycles. The van der Waals surface area contributed by atoms with E-state index in [-0.39, 0.29) is 0 Å². The van der Waals surface area contributed by atoms with Crippen LogP contribution in [0.15, 0.2) is 24.3 Å². The van der Waals surface area contributed by atoms with Gasteiger partial charge in [-0.05, 0) is 35.8 Å². The molecule has 1 heterocycles. The lowest BCUT2D eigenvalue weighted by atomic mass is 9.69. The van der Waals surface area contributed by atoms with Gasteiger partial charge in [0.25, 0.3) is 0 Å². The number of rotatable bonds is 3. The number of benzene rings is 1. The van der Waals surface area contributed by atoms with E-state index in [0.717, 1.165) is 24.6 Å². The summed E-state index contributed by atoms with van der Waals surface area (Å²) in [4.78, 5) is 0. The molecule has 0 amide bonds. The van der Waals surface area contributed by atoms with Crippen molar-refractivity contribution in [3.63, 3.8) is 0 Å². The smallest absolute Gasteiger partial charge is 0.123 e. The summed E-state index contributed by atoms with van der Waals surface area (Å²) in [5.74, 6) is 1.87. The highest BCUT2D eigenvalue weighted by molar-refractivity contribution is 5.37. The first-order valence-electron chi connectivity index (χ1n) is 8.52. The number of hydrogen-bond acceptors (Lipinski definition) is 2. The molecular weight excluding hydrogens is 258 g/mol. The van der Waals surface area contributed by atoms with Gasteiger partial charge in [0.15, 0.2) is 0 Å². The molecule has 116 valence electrons. The zero-order chi connectivity index (χ0) is 14.9. The molecule has 0 bridgehead atoms. The average molecular weight is 287 g/mol. The summed E-state index contributed by atoms with van der Waals surface area (Å²) < 4.78 is 6.06. The van der Waals surface area contributed by atoms with Gasteiger partial charge in [0.2, 0.25) is 0 Å². The zero-order valence-corrected chi connectivity index (χ0v) is 13.7. The first-order chi connectivity index (χ1) is 10.0. The van der Waals surface area contributed by atoms with Crippen LogP contribution in [0.3, 0.4) is 0 Å². The summed E-state index contributed by atoms with van der Waals surface area (Å²) >= 11 is 0. The molecule has 2 nitrogen and oxygen atoms in total. The average Bonchev–Trinajstić information content (AvgIpc) is 2.87. The van der Waals surface area contributed by atoms with Crippen LogP contribution < -0.4 is 10.1 Å². The zero-order valence-electron chi connectivity index (χ0n) is 13.7. The van der Waals surface area contributed by atoms with Crippen molar-refractivity contribution >= 4 is 0 Å². The Hall–Kier alpha value is -1.02. The van der Waals surface area contributed by atoms with Crippen molar-refractivity contribution in [2.45, 2.75) is 65.0 Å². The summed E-state index contributed by atoms with van der Waals surface area (Å²) in [5, 5.41) is 3.83. The van der Waals surface area contributed by atoms with Crippen molar-refractivity contribution in [2.24, 2.45) is 11.3 Å². The molecule has 0 spiro atoms. The minimum Gasteiger partial charge on any atom is -0.488 e. The highest BCUT2D eigenvalue weighted by Crippen LogP contribution is 2.38. The number of fused-ring (bicyclic) bond motifs is 1. The van der Waals surface area contributed by atoms with Gasteiger partial charge >= 0.3 is 0 Å². The lowest BCUT2D eigenvalue weighted by Crippen LogP contribution is -2.47. The van der Waals surface area contributed by atoms with Crippen molar-refractivity contribution in [1.82, 2.24) is 5.32 Å². The molecule has 0 aromatic heterocycles. The van der Waals surface area contributed by atoms with Gasteiger partial charge in [0, 0.05) is 19.0 Å². The number of nitrogens with one attached hydrogen (secondary N) is 1. The molecule has 1 aromatic carbocycles. The van der Waals surface area contributed by atoms with Crippen molar-refractivity contribution in [3.8, 4) is 5.75 Å². The maximum absolute atomic E-state index is 6.06. The summed E-state index contributed by atoms with van der Waals surface area (Å²) in [6.45, 7) is 8.14. The highest BCUT2D eigenvalue weighted by Gasteiger charge is 2.34. The van der Waals surface area contributed by atoms with E-state index >= 15 is 0 Å². The van der Waals surface area contributed by atoms with E-state index in [1.54, 1.807) is 0 Å². The summed E-state index contributed by atoms with van der Waals surface area (Å²) in [6, 6.07) is 9.10. The lowest BCUT2D eigenvalue weighted by Gasteiger charge is -2.41. The normalized spacial score (nSPS) is 29.0. The molecule has 1 aromatic rings. The first kappa shape index (κ1) is 14.9. The van der Waals surface area contributed by atoms with Crippen LogP contribution in [0, 0.1) is 11.3 Å². The molecule has 1 saturated carbocycles. The van der Waals surface area contributed by atoms with Crippen molar-refractivity contribution in [1.29, 1.82) is 0 Å². The van der Waals surface area contributed by atoms with Crippen LogP contribution in [-0.2, 0) is 6.42 Å². The summed E-state index contributed by atoms with van der Waals surface area (Å²) in [5.41, 5.74) is 1.76. The van der Waals surface area contributed by atoms with Crippen LogP contribution in [0.5, 0.6) is 5.75 Å². The third kappa shape index (κ3) is 3.42. The first-order valence-corrected chi connectivity index (χ1v) is 8.52. The third-order valence-electron chi connectivity index (χ3n) is 5.20. The molecule has 0 saturated heterocycles. The monoisotopic (exact) mass is 287 g/mol. The second-order valence-electron chi connectivity index (χ2n) is 7.82. The van der Waals surface area contributed by atoms with Crippen LogP contribution in [0.4, 0.5) is 0 Å². The Balaban J connectivity index is 1.55. The maximum Gasteiger partial charge on any atom is 0.123 e. The Morgan fingerprint density at radius 2 is 1.90 bits per heavy atom. The van der Waals surface area contributed by atoms with Crippen molar-refractivity contribution in [2.75, 3.05) is 6.54 Å². The third-order valence-corrected chi connectivity index (χ3v) is 5.20. The van der Waals surface area contributed by atoms with Crippen LogP contribution in [0.1, 0.15) is 52.0 Å². The van der Waals surface area contributed by atoms with E-state index in [1.807, 2.05) is 0 Å². The van der Waals surface area contributed by atoms with E-state index in [9.17, 15) is 0 Å². The highest BCUT2D eigenvalue weighted by atomic mass is 16.5. The molecule has 0 radical (unpaired) electrons. The van der Waals surface area contributed by atoms with Gasteiger partial charge in [-0.1, -0.05) is 51.8 Å². The molecule has 2 heteroatoms. The van der Waals surface area contributed by atoms with Crippen molar-refractivity contribution < 1.29 is 4.74 Å². The van der Waals surface area contributed by atoms with Crippen LogP contribution in [-0.4, -0.2) is 18.7 Å². The van der Waals surface area contributed by atoms with Crippen molar-refractivity contribution in [3.05, 3.63) is 29.8 Å². The predicted molar refractivity (Wildman–Crippen MR) is 87.8 cm³/mol. The predicted octanol–water partition coefficient (Wildman–Crippen LogP) is 4.18. The fourth-order valence-electron chi connectivity index (χ4n) is 4.06. The van der Waals surface area contributed by atoms with Crippen LogP contribution in [0.25, 0.3) is 0 Å². The van der Waals surface area contributed by atoms with Crippen LogP contribution >= 0.6 is 0 Å². The molecule has 3 rings (SSSR count). The second kappa shape index (κ2) is 6.00. The Morgan fingerprint density at radius 3 is 2.67 bits per heavy atom. The van der Waals surface area contributed by atoms with Gasteiger partial charge in [-0.15, -0.1) is 0 Å². The maximum atomic E-state index is 6.06. The Labute approximate surface area is 129 Å². The molecule has 1 N–H and O–H groups in total. The Bertz CT molecular complexity index is 452. The Kier molecular flexibility index (Phi) is 4.26. The van der Waals surface area contributed by atoms with Gasteiger partial charge < -0.3 is 10.1 Å². The summed E-state index contributed by atoms with van der Waals surface area (Å²) in [7, 11) is 0. The molecule has 3 atom stereocenters. The number of hydrogen-bond donors (Lipinski definition) is 1. The molecule has 2 aliphatic rings. The van der Waals surface area contributed by atoms with Gasteiger partial charge in [0.05, 0.1) is 0 Å². The van der Waals surface area contributed by atoms with Gasteiger partial charge in [-0.3, -0.25) is 0 Å². The van der Waals surface area contributed by atoms with Gasteiger partial charge in [-0.25, -0.2) is 0 Å². The lowest BCUT2D eigenvalue weighted by molar-refractivity contribution is 0.119.